The van der Waals surface area contributed by atoms with Gasteiger partial charge in [0.05, 0.1) is 0 Å². The van der Waals surface area contributed by atoms with E-state index in [4.69, 9.17) is 0 Å². The lowest BCUT2D eigenvalue weighted by molar-refractivity contribution is 0.199. The lowest BCUT2D eigenvalue weighted by atomic mass is 10.0. The first-order valence-electron chi connectivity index (χ1n) is 8.38. The van der Waals surface area contributed by atoms with Crippen molar-refractivity contribution in [2.24, 2.45) is 0 Å². The molecule has 1 fully saturated rings. The molecule has 1 aromatic rings. The summed E-state index contributed by atoms with van der Waals surface area (Å²) in [7, 11) is 0. The number of piperidine rings is 1. The molecule has 0 aliphatic carbocycles. The Morgan fingerprint density at radius 3 is 2.55 bits per heavy atom. The number of nitrogens with zero attached hydrogens (tertiary/aromatic N) is 1. The van der Waals surface area contributed by atoms with Crippen molar-refractivity contribution in [2.75, 3.05) is 26.2 Å². The molecule has 1 N–H and O–H groups in total. The molecule has 2 heteroatoms. The third-order valence-electron chi connectivity index (χ3n) is 4.36. The Morgan fingerprint density at radius 2 is 1.85 bits per heavy atom. The van der Waals surface area contributed by atoms with E-state index in [1.807, 2.05) is 0 Å². The zero-order chi connectivity index (χ0) is 14.0. The molecular formula is C18H30N2. The minimum absolute atomic E-state index is 0.764. The predicted octanol–water partition coefficient (Wildman–Crippen LogP) is 3.47. The maximum absolute atomic E-state index is 3.72. The lowest BCUT2D eigenvalue weighted by Crippen LogP contribution is -2.43. The average molecular weight is 274 g/mol. The minimum atomic E-state index is 0.764. The van der Waals surface area contributed by atoms with Crippen LogP contribution in [0.4, 0.5) is 0 Å². The van der Waals surface area contributed by atoms with Crippen molar-refractivity contribution in [1.82, 2.24) is 10.2 Å². The van der Waals surface area contributed by atoms with E-state index in [-0.39, 0.29) is 0 Å². The van der Waals surface area contributed by atoms with E-state index < -0.39 is 0 Å². The molecule has 1 aromatic carbocycles. The van der Waals surface area contributed by atoms with Gasteiger partial charge < -0.3 is 10.2 Å². The molecule has 2 nitrogen and oxygen atoms in total. The summed E-state index contributed by atoms with van der Waals surface area (Å²) < 4.78 is 0. The Morgan fingerprint density at radius 1 is 1.10 bits per heavy atom. The second kappa shape index (κ2) is 9.15. The van der Waals surface area contributed by atoms with Crippen LogP contribution in [0.3, 0.4) is 0 Å². The Labute approximate surface area is 124 Å². The van der Waals surface area contributed by atoms with Crippen LogP contribution in [-0.2, 0) is 6.42 Å². The molecule has 1 heterocycles. The third-order valence-corrected chi connectivity index (χ3v) is 4.36. The summed E-state index contributed by atoms with van der Waals surface area (Å²) in [6, 6.07) is 11.6. The summed E-state index contributed by atoms with van der Waals surface area (Å²) >= 11 is 0. The van der Waals surface area contributed by atoms with Crippen LogP contribution in [0.15, 0.2) is 30.3 Å². The zero-order valence-electron chi connectivity index (χ0n) is 13.0. The molecule has 0 unspecified atom stereocenters. The summed E-state index contributed by atoms with van der Waals surface area (Å²) in [5.41, 5.74) is 1.47. The summed E-state index contributed by atoms with van der Waals surface area (Å²) in [6.45, 7) is 7.22. The summed E-state index contributed by atoms with van der Waals surface area (Å²) in [5.74, 6) is 0. The van der Waals surface area contributed by atoms with E-state index in [1.54, 1.807) is 0 Å². The van der Waals surface area contributed by atoms with E-state index in [0.717, 1.165) is 6.04 Å². The lowest BCUT2D eigenvalue weighted by Gasteiger charge is -2.32. The highest BCUT2D eigenvalue weighted by Gasteiger charge is 2.17. The SMILES string of the molecule is CCCCCNC1CCN(CCc2ccccc2)CC1. The highest BCUT2D eigenvalue weighted by atomic mass is 15.1. The largest absolute Gasteiger partial charge is 0.314 e. The van der Waals surface area contributed by atoms with E-state index in [9.17, 15) is 0 Å². The van der Waals surface area contributed by atoms with Gasteiger partial charge in [0.15, 0.2) is 0 Å². The number of nitrogens with one attached hydrogen (secondary N) is 1. The van der Waals surface area contributed by atoms with Crippen molar-refractivity contribution in [3.05, 3.63) is 35.9 Å². The smallest absolute Gasteiger partial charge is 0.00914 e. The van der Waals surface area contributed by atoms with Gasteiger partial charge in [-0.05, 0) is 50.9 Å². The highest BCUT2D eigenvalue weighted by molar-refractivity contribution is 5.14. The highest BCUT2D eigenvalue weighted by Crippen LogP contribution is 2.11. The van der Waals surface area contributed by atoms with Crippen LogP contribution in [0.2, 0.25) is 0 Å². The summed E-state index contributed by atoms with van der Waals surface area (Å²) in [6.07, 6.45) is 7.85. The van der Waals surface area contributed by atoms with Crippen molar-refractivity contribution in [1.29, 1.82) is 0 Å². The van der Waals surface area contributed by atoms with Crippen LogP contribution in [0, 0.1) is 0 Å². The van der Waals surface area contributed by atoms with E-state index in [2.05, 4.69) is 47.5 Å². The summed E-state index contributed by atoms with van der Waals surface area (Å²) in [5, 5.41) is 3.72. The van der Waals surface area contributed by atoms with Crippen molar-refractivity contribution in [3.63, 3.8) is 0 Å². The number of rotatable bonds is 8. The Bertz CT molecular complexity index is 342. The quantitative estimate of drug-likeness (QED) is 0.730. The van der Waals surface area contributed by atoms with Gasteiger partial charge in [-0.15, -0.1) is 0 Å². The van der Waals surface area contributed by atoms with Gasteiger partial charge in [-0.25, -0.2) is 0 Å². The van der Waals surface area contributed by atoms with Crippen molar-refractivity contribution in [2.45, 2.75) is 51.5 Å². The van der Waals surface area contributed by atoms with Gasteiger partial charge in [0.1, 0.15) is 0 Å². The molecule has 0 radical (unpaired) electrons. The molecule has 1 aliphatic rings. The van der Waals surface area contributed by atoms with Gasteiger partial charge in [-0.3, -0.25) is 0 Å². The number of hydrogen-bond donors (Lipinski definition) is 1. The Balaban J connectivity index is 1.57. The third kappa shape index (κ3) is 5.64. The van der Waals surface area contributed by atoms with Gasteiger partial charge in [0.25, 0.3) is 0 Å². The standard InChI is InChI=1S/C18H30N2/c1-2-3-7-13-19-18-11-15-20(16-12-18)14-10-17-8-5-4-6-9-17/h4-6,8-9,18-19H,2-3,7,10-16H2,1H3. The molecule has 0 atom stereocenters. The van der Waals surface area contributed by atoms with E-state index in [0.29, 0.717) is 0 Å². The van der Waals surface area contributed by atoms with E-state index in [1.165, 1.54) is 70.3 Å². The first-order chi connectivity index (χ1) is 9.88. The maximum Gasteiger partial charge on any atom is 0.00914 e. The number of hydrogen-bond acceptors (Lipinski definition) is 2. The van der Waals surface area contributed by atoms with E-state index >= 15 is 0 Å². The van der Waals surface area contributed by atoms with Crippen molar-refractivity contribution in [3.8, 4) is 0 Å². The maximum atomic E-state index is 3.72. The van der Waals surface area contributed by atoms with Crippen LogP contribution in [-0.4, -0.2) is 37.1 Å². The van der Waals surface area contributed by atoms with Gasteiger partial charge >= 0.3 is 0 Å². The molecule has 1 aliphatic heterocycles. The molecule has 112 valence electrons. The molecule has 0 bridgehead atoms. The summed E-state index contributed by atoms with van der Waals surface area (Å²) in [4.78, 5) is 2.62. The van der Waals surface area contributed by atoms with Crippen LogP contribution < -0.4 is 5.32 Å². The van der Waals surface area contributed by atoms with Crippen molar-refractivity contribution >= 4 is 0 Å². The number of unbranched alkanes of at least 4 members (excludes halogenated alkanes) is 2. The Kier molecular flexibility index (Phi) is 7.10. The minimum Gasteiger partial charge on any atom is -0.314 e. The molecule has 0 aromatic heterocycles. The topological polar surface area (TPSA) is 15.3 Å². The van der Waals surface area contributed by atoms with Gasteiger partial charge in [0.2, 0.25) is 0 Å². The molecule has 0 spiro atoms. The first-order valence-corrected chi connectivity index (χ1v) is 8.38. The van der Waals surface area contributed by atoms with Gasteiger partial charge in [-0.1, -0.05) is 50.1 Å². The monoisotopic (exact) mass is 274 g/mol. The fourth-order valence-corrected chi connectivity index (χ4v) is 2.97. The second-order valence-corrected chi connectivity index (χ2v) is 6.01. The number of benzene rings is 1. The molecule has 0 saturated carbocycles. The van der Waals surface area contributed by atoms with Gasteiger partial charge in [-0.2, -0.15) is 0 Å². The first kappa shape index (κ1) is 15.5. The molecule has 20 heavy (non-hydrogen) atoms. The molecule has 2 rings (SSSR count). The predicted molar refractivity (Wildman–Crippen MR) is 87.1 cm³/mol. The van der Waals surface area contributed by atoms with Crippen molar-refractivity contribution < 1.29 is 0 Å². The normalized spacial score (nSPS) is 17.4. The fraction of sp³-hybridized carbons (Fsp3) is 0.667. The van der Waals surface area contributed by atoms with Crippen LogP contribution in [0.25, 0.3) is 0 Å². The number of likely N-dealkylation sites (tertiary alicyclic amines) is 1. The zero-order valence-corrected chi connectivity index (χ0v) is 13.0. The van der Waals surface area contributed by atoms with Crippen LogP contribution in [0.1, 0.15) is 44.6 Å². The average Bonchev–Trinajstić information content (AvgIpc) is 2.52. The molecule has 1 saturated heterocycles. The fourth-order valence-electron chi connectivity index (χ4n) is 2.97. The van der Waals surface area contributed by atoms with Crippen LogP contribution in [0.5, 0.6) is 0 Å². The molecule has 0 amide bonds. The molecular weight excluding hydrogens is 244 g/mol. The van der Waals surface area contributed by atoms with Gasteiger partial charge in [0, 0.05) is 12.6 Å². The Hall–Kier alpha value is -0.860. The second-order valence-electron chi connectivity index (χ2n) is 6.01. The van der Waals surface area contributed by atoms with Crippen LogP contribution >= 0.6 is 0 Å².